The van der Waals surface area contributed by atoms with Crippen LogP contribution in [0.4, 0.5) is 0 Å². The first-order chi connectivity index (χ1) is 7.30. The summed E-state index contributed by atoms with van der Waals surface area (Å²) < 4.78 is 0. The first kappa shape index (κ1) is 10.9. The molecular weight excluding hydrogens is 190 g/mol. The van der Waals surface area contributed by atoms with Gasteiger partial charge in [-0.2, -0.15) is 0 Å². The number of hydrogen-bond acceptors (Lipinski definition) is 2. The summed E-state index contributed by atoms with van der Waals surface area (Å²) in [6.45, 7) is 0. The van der Waals surface area contributed by atoms with Crippen molar-refractivity contribution in [2.24, 2.45) is 0 Å². The zero-order valence-electron chi connectivity index (χ0n) is 8.11. The second-order valence-electron chi connectivity index (χ2n) is 2.75. The molecule has 0 unspecified atom stereocenters. The molecular formula is C12H11NO2. The van der Waals surface area contributed by atoms with Crippen molar-refractivity contribution >= 4 is 0 Å². The van der Waals surface area contributed by atoms with E-state index in [1.165, 1.54) is 12.2 Å². The van der Waals surface area contributed by atoms with E-state index in [0.717, 1.165) is 0 Å². The van der Waals surface area contributed by atoms with E-state index < -0.39 is 4.92 Å². The molecule has 0 heterocycles. The van der Waals surface area contributed by atoms with Gasteiger partial charge in [0.05, 0.1) is 4.92 Å². The summed E-state index contributed by atoms with van der Waals surface area (Å²) in [5, 5.41) is 10.6. The molecule has 1 aliphatic rings. The van der Waals surface area contributed by atoms with Gasteiger partial charge in [-0.15, -0.1) is 0 Å². The fourth-order valence-corrected chi connectivity index (χ4v) is 0.935. The lowest BCUT2D eigenvalue weighted by Gasteiger charge is -1.87. The van der Waals surface area contributed by atoms with Gasteiger partial charge in [-0.25, -0.2) is 0 Å². The molecule has 3 heteroatoms. The highest BCUT2D eigenvalue weighted by molar-refractivity contribution is 5.26. The van der Waals surface area contributed by atoms with Crippen molar-refractivity contribution in [3.05, 3.63) is 82.6 Å². The van der Waals surface area contributed by atoms with E-state index in [2.05, 4.69) is 0 Å². The van der Waals surface area contributed by atoms with Gasteiger partial charge in [0, 0.05) is 12.2 Å². The number of allylic oxidation sites excluding steroid dienone is 11. The van der Waals surface area contributed by atoms with Crippen molar-refractivity contribution in [3.63, 3.8) is 0 Å². The lowest BCUT2D eigenvalue weighted by atomic mass is 10.3. The Morgan fingerprint density at radius 1 is 0.800 bits per heavy atom. The maximum atomic E-state index is 10.6. The van der Waals surface area contributed by atoms with Gasteiger partial charge in [-0.3, -0.25) is 10.1 Å². The molecule has 0 radical (unpaired) electrons. The van der Waals surface area contributed by atoms with Crippen LogP contribution in [0.1, 0.15) is 0 Å². The maximum Gasteiger partial charge on any atom is 0.269 e. The zero-order chi connectivity index (χ0) is 10.9. The summed E-state index contributed by atoms with van der Waals surface area (Å²) >= 11 is 0. The minimum absolute atomic E-state index is 0.0638. The van der Waals surface area contributed by atoms with Gasteiger partial charge in [0.25, 0.3) is 5.70 Å². The highest BCUT2D eigenvalue weighted by Gasteiger charge is 2.01. The highest BCUT2D eigenvalue weighted by atomic mass is 16.6. The summed E-state index contributed by atoms with van der Waals surface area (Å²) in [7, 11) is 0. The Bertz CT molecular complexity index is 396. The summed E-state index contributed by atoms with van der Waals surface area (Å²) in [6.07, 6.45) is 18.9. The lowest BCUT2D eigenvalue weighted by molar-refractivity contribution is -0.419. The summed E-state index contributed by atoms with van der Waals surface area (Å²) in [5.74, 6) is 0. The third-order valence-corrected chi connectivity index (χ3v) is 1.63. The average Bonchev–Trinajstić information content (AvgIpc) is 2.18. The predicted molar refractivity (Wildman–Crippen MR) is 60.8 cm³/mol. The first-order valence-electron chi connectivity index (χ1n) is 4.50. The summed E-state index contributed by atoms with van der Waals surface area (Å²) in [5.41, 5.74) is 0.0638. The van der Waals surface area contributed by atoms with Crippen LogP contribution in [0.3, 0.4) is 0 Å². The first-order valence-corrected chi connectivity index (χ1v) is 4.50. The van der Waals surface area contributed by atoms with Crippen molar-refractivity contribution in [1.29, 1.82) is 0 Å². The van der Waals surface area contributed by atoms with Gasteiger partial charge in [0.1, 0.15) is 0 Å². The number of rotatable bonds is 1. The van der Waals surface area contributed by atoms with Crippen molar-refractivity contribution in [1.82, 2.24) is 0 Å². The molecule has 0 saturated heterocycles. The van der Waals surface area contributed by atoms with Gasteiger partial charge in [0.2, 0.25) is 0 Å². The Balaban J connectivity index is 2.92. The van der Waals surface area contributed by atoms with Gasteiger partial charge >= 0.3 is 0 Å². The molecule has 0 fully saturated rings. The monoisotopic (exact) mass is 201 g/mol. The van der Waals surface area contributed by atoms with Crippen LogP contribution >= 0.6 is 0 Å². The summed E-state index contributed by atoms with van der Waals surface area (Å²) in [4.78, 5) is 10.2. The number of nitro groups is 1. The van der Waals surface area contributed by atoms with E-state index in [-0.39, 0.29) is 5.70 Å². The Labute approximate surface area is 88.3 Å². The lowest BCUT2D eigenvalue weighted by Crippen LogP contribution is -1.94. The fraction of sp³-hybridized carbons (Fsp3) is 0. The molecule has 76 valence electrons. The van der Waals surface area contributed by atoms with Gasteiger partial charge in [0.15, 0.2) is 0 Å². The predicted octanol–water partition coefficient (Wildman–Crippen LogP) is 2.94. The van der Waals surface area contributed by atoms with E-state index in [1.54, 1.807) is 24.3 Å². The molecule has 1 aliphatic carbocycles. The van der Waals surface area contributed by atoms with Crippen LogP contribution in [0.5, 0.6) is 0 Å². The quantitative estimate of drug-likeness (QED) is 0.483. The van der Waals surface area contributed by atoms with Gasteiger partial charge in [-0.1, -0.05) is 54.7 Å². The van der Waals surface area contributed by atoms with Crippen LogP contribution in [0, 0.1) is 10.1 Å². The van der Waals surface area contributed by atoms with E-state index in [1.807, 2.05) is 30.4 Å². The SMILES string of the molecule is O=[N+]([O-])C1=C/C=C\C=C/C=C\C=C/C=C\1. The third kappa shape index (κ3) is 4.57. The minimum atomic E-state index is -0.417. The van der Waals surface area contributed by atoms with Gasteiger partial charge in [-0.05, 0) is 0 Å². The molecule has 15 heavy (non-hydrogen) atoms. The van der Waals surface area contributed by atoms with E-state index in [0.29, 0.717) is 0 Å². The number of hydrogen-bond donors (Lipinski definition) is 0. The minimum Gasteiger partial charge on any atom is -0.258 e. The van der Waals surface area contributed by atoms with E-state index in [4.69, 9.17) is 0 Å². The topological polar surface area (TPSA) is 43.1 Å². The van der Waals surface area contributed by atoms with Crippen LogP contribution in [0.2, 0.25) is 0 Å². The van der Waals surface area contributed by atoms with Crippen molar-refractivity contribution in [3.8, 4) is 0 Å². The molecule has 1 rings (SSSR count). The molecule has 0 aromatic heterocycles. The third-order valence-electron chi connectivity index (χ3n) is 1.63. The van der Waals surface area contributed by atoms with Gasteiger partial charge < -0.3 is 0 Å². The largest absolute Gasteiger partial charge is 0.269 e. The standard InChI is InChI=1S/C12H11NO2/c14-13(15)12-10-8-6-4-2-1-3-5-7-9-11-12/h1-11H/b2-1-,3-1?,4-2?,5-3-,6-4-,7-5?,8-6?,9-7-,10-8-,11-9?,12-10?,12-11+. The Hall–Kier alpha value is -2.16. The molecule has 0 amide bonds. The molecule has 0 bridgehead atoms. The van der Waals surface area contributed by atoms with Crippen molar-refractivity contribution in [2.45, 2.75) is 0 Å². The molecule has 0 spiro atoms. The average molecular weight is 201 g/mol. The normalized spacial score (nSPS) is 29.7. The second-order valence-corrected chi connectivity index (χ2v) is 2.75. The van der Waals surface area contributed by atoms with Crippen LogP contribution in [0.25, 0.3) is 0 Å². The second kappa shape index (κ2) is 6.32. The summed E-state index contributed by atoms with van der Waals surface area (Å²) in [6, 6.07) is 0. The number of nitrogens with zero attached hydrogens (tertiary/aromatic N) is 1. The van der Waals surface area contributed by atoms with E-state index in [9.17, 15) is 10.1 Å². The Kier molecular flexibility index (Phi) is 4.60. The van der Waals surface area contributed by atoms with Crippen molar-refractivity contribution < 1.29 is 4.92 Å². The molecule has 3 nitrogen and oxygen atoms in total. The molecule has 0 aromatic rings. The smallest absolute Gasteiger partial charge is 0.258 e. The Morgan fingerprint density at radius 2 is 1.27 bits per heavy atom. The molecule has 0 saturated carbocycles. The van der Waals surface area contributed by atoms with Crippen LogP contribution in [0.15, 0.2) is 72.5 Å². The van der Waals surface area contributed by atoms with Crippen molar-refractivity contribution in [2.75, 3.05) is 0 Å². The van der Waals surface area contributed by atoms with Crippen LogP contribution in [-0.2, 0) is 0 Å². The van der Waals surface area contributed by atoms with E-state index >= 15 is 0 Å². The zero-order valence-corrected chi connectivity index (χ0v) is 8.11. The van der Waals surface area contributed by atoms with Crippen LogP contribution in [-0.4, -0.2) is 4.92 Å². The fourth-order valence-electron chi connectivity index (χ4n) is 0.935. The maximum absolute atomic E-state index is 10.6. The molecule has 0 aromatic carbocycles. The van der Waals surface area contributed by atoms with Crippen LogP contribution < -0.4 is 0 Å². The Morgan fingerprint density at radius 3 is 1.80 bits per heavy atom. The highest BCUT2D eigenvalue weighted by Crippen LogP contribution is 2.00. The molecule has 0 aliphatic heterocycles. The molecule has 0 atom stereocenters. The molecule has 0 N–H and O–H groups in total.